The van der Waals surface area contributed by atoms with Crippen molar-refractivity contribution in [2.24, 2.45) is 5.10 Å². The average molecular weight is 218 g/mol. The van der Waals surface area contributed by atoms with E-state index in [4.69, 9.17) is 0 Å². The van der Waals surface area contributed by atoms with Crippen LogP contribution in [0.4, 0.5) is 4.39 Å². The molecular formula is C11H11FN4. The predicted octanol–water partition coefficient (Wildman–Crippen LogP) is 1.92. The maximum atomic E-state index is 13.3. The number of hydrogen-bond donors (Lipinski definition) is 0. The number of hydrogen-bond acceptors (Lipinski definition) is 3. The minimum absolute atomic E-state index is 0.297. The maximum absolute atomic E-state index is 13.3. The van der Waals surface area contributed by atoms with E-state index in [1.54, 1.807) is 36.7 Å². The van der Waals surface area contributed by atoms with Gasteiger partial charge in [-0.3, -0.25) is 0 Å². The minimum atomic E-state index is -0.297. The molecule has 0 aliphatic carbocycles. The summed E-state index contributed by atoms with van der Waals surface area (Å²) in [6.45, 7) is 3.58. The molecule has 82 valence electrons. The Morgan fingerprint density at radius 1 is 1.19 bits per heavy atom. The van der Waals surface area contributed by atoms with Crippen LogP contribution in [0.3, 0.4) is 0 Å². The highest BCUT2D eigenvalue weighted by atomic mass is 19.1. The van der Waals surface area contributed by atoms with Gasteiger partial charge in [0, 0.05) is 5.56 Å². The third kappa shape index (κ3) is 1.98. The van der Waals surface area contributed by atoms with Crippen LogP contribution in [0.15, 0.2) is 29.4 Å². The standard InChI is InChI=1S/C11H11FN4/c1-8-14-15-9(2)16(8)13-7-10-5-3-4-6-11(10)12/h3-7H,1-2H3. The van der Waals surface area contributed by atoms with Gasteiger partial charge in [0.1, 0.15) is 5.82 Å². The summed E-state index contributed by atoms with van der Waals surface area (Å²) in [7, 11) is 0. The first-order valence-electron chi connectivity index (χ1n) is 4.86. The van der Waals surface area contributed by atoms with Gasteiger partial charge in [0.15, 0.2) is 11.6 Å². The molecule has 0 fully saturated rings. The zero-order valence-electron chi connectivity index (χ0n) is 9.05. The highest BCUT2D eigenvalue weighted by Gasteiger charge is 2.02. The van der Waals surface area contributed by atoms with Crippen molar-refractivity contribution in [3.63, 3.8) is 0 Å². The van der Waals surface area contributed by atoms with Gasteiger partial charge in [-0.15, -0.1) is 10.2 Å². The second-order valence-electron chi connectivity index (χ2n) is 3.37. The SMILES string of the molecule is Cc1nnc(C)n1N=Cc1ccccc1F. The fourth-order valence-electron chi connectivity index (χ4n) is 1.33. The van der Waals surface area contributed by atoms with Crippen LogP contribution in [0.1, 0.15) is 17.2 Å². The van der Waals surface area contributed by atoms with Crippen molar-refractivity contribution in [1.29, 1.82) is 0 Å². The van der Waals surface area contributed by atoms with Crippen molar-refractivity contribution in [2.45, 2.75) is 13.8 Å². The van der Waals surface area contributed by atoms with Gasteiger partial charge in [-0.1, -0.05) is 18.2 Å². The molecular weight excluding hydrogens is 207 g/mol. The van der Waals surface area contributed by atoms with Crippen molar-refractivity contribution >= 4 is 6.21 Å². The molecule has 0 radical (unpaired) electrons. The van der Waals surface area contributed by atoms with E-state index in [1.165, 1.54) is 12.3 Å². The normalized spacial score (nSPS) is 11.2. The summed E-state index contributed by atoms with van der Waals surface area (Å²) in [5.74, 6) is 1.05. The first-order valence-corrected chi connectivity index (χ1v) is 4.86. The molecule has 1 aromatic heterocycles. The highest BCUT2D eigenvalue weighted by Crippen LogP contribution is 2.04. The zero-order valence-corrected chi connectivity index (χ0v) is 9.05. The van der Waals surface area contributed by atoms with Crippen LogP contribution in [0, 0.1) is 19.7 Å². The lowest BCUT2D eigenvalue weighted by atomic mass is 10.2. The van der Waals surface area contributed by atoms with E-state index in [2.05, 4.69) is 15.3 Å². The lowest BCUT2D eigenvalue weighted by Crippen LogP contribution is -1.97. The fourth-order valence-corrected chi connectivity index (χ4v) is 1.33. The first-order chi connectivity index (χ1) is 7.68. The Kier molecular flexibility index (Phi) is 2.76. The van der Waals surface area contributed by atoms with Crippen LogP contribution < -0.4 is 0 Å². The molecule has 5 heteroatoms. The van der Waals surface area contributed by atoms with Gasteiger partial charge in [0.2, 0.25) is 0 Å². The third-order valence-corrected chi connectivity index (χ3v) is 2.17. The number of benzene rings is 1. The average Bonchev–Trinajstić information content (AvgIpc) is 2.58. The summed E-state index contributed by atoms with van der Waals surface area (Å²) in [6, 6.07) is 6.46. The summed E-state index contributed by atoms with van der Waals surface area (Å²) < 4.78 is 14.8. The maximum Gasteiger partial charge on any atom is 0.151 e. The summed E-state index contributed by atoms with van der Waals surface area (Å²) in [5.41, 5.74) is 0.440. The summed E-state index contributed by atoms with van der Waals surface area (Å²) >= 11 is 0. The summed E-state index contributed by atoms with van der Waals surface area (Å²) in [4.78, 5) is 0. The van der Waals surface area contributed by atoms with Crippen molar-refractivity contribution in [1.82, 2.24) is 14.9 Å². The van der Waals surface area contributed by atoms with Crippen LogP contribution in [-0.2, 0) is 0 Å². The quantitative estimate of drug-likeness (QED) is 0.723. The highest BCUT2D eigenvalue weighted by molar-refractivity contribution is 5.79. The molecule has 0 amide bonds. The van der Waals surface area contributed by atoms with Crippen LogP contribution in [0.5, 0.6) is 0 Å². The van der Waals surface area contributed by atoms with Crippen LogP contribution >= 0.6 is 0 Å². The number of halogens is 1. The van der Waals surface area contributed by atoms with E-state index < -0.39 is 0 Å². The van der Waals surface area contributed by atoms with Crippen LogP contribution in [0.2, 0.25) is 0 Å². The molecule has 1 heterocycles. The second kappa shape index (κ2) is 4.22. The van der Waals surface area contributed by atoms with Gasteiger partial charge in [0.05, 0.1) is 6.21 Å². The summed E-state index contributed by atoms with van der Waals surface area (Å²) in [5, 5.41) is 11.8. The molecule has 0 saturated carbocycles. The molecule has 2 aromatic rings. The van der Waals surface area contributed by atoms with Crippen LogP contribution in [-0.4, -0.2) is 21.1 Å². The third-order valence-electron chi connectivity index (χ3n) is 2.17. The lowest BCUT2D eigenvalue weighted by Gasteiger charge is -1.98. The number of aryl methyl sites for hydroxylation is 2. The molecule has 0 aliphatic rings. The topological polar surface area (TPSA) is 43.1 Å². The van der Waals surface area contributed by atoms with E-state index in [0.717, 1.165) is 0 Å². The molecule has 4 nitrogen and oxygen atoms in total. The molecule has 0 N–H and O–H groups in total. The Bertz CT molecular complexity index is 511. The van der Waals surface area contributed by atoms with Gasteiger partial charge >= 0.3 is 0 Å². The number of rotatable bonds is 2. The smallest absolute Gasteiger partial charge is 0.151 e. The Balaban J connectivity index is 2.32. The van der Waals surface area contributed by atoms with Crippen molar-refractivity contribution in [3.8, 4) is 0 Å². The van der Waals surface area contributed by atoms with Gasteiger partial charge in [-0.25, -0.2) is 9.07 Å². The first kappa shape index (κ1) is 10.5. The van der Waals surface area contributed by atoms with Gasteiger partial charge < -0.3 is 0 Å². The second-order valence-corrected chi connectivity index (χ2v) is 3.37. The molecule has 1 aromatic carbocycles. The molecule has 0 spiro atoms. The molecule has 0 unspecified atom stereocenters. The molecule has 0 aliphatic heterocycles. The molecule has 0 bridgehead atoms. The predicted molar refractivity (Wildman–Crippen MR) is 58.9 cm³/mol. The Hall–Kier alpha value is -2.04. The molecule has 16 heavy (non-hydrogen) atoms. The van der Waals surface area contributed by atoms with Crippen molar-refractivity contribution in [3.05, 3.63) is 47.3 Å². The Morgan fingerprint density at radius 2 is 1.81 bits per heavy atom. The Morgan fingerprint density at radius 3 is 2.44 bits per heavy atom. The van der Waals surface area contributed by atoms with E-state index >= 15 is 0 Å². The Labute approximate surface area is 92.4 Å². The summed E-state index contributed by atoms with van der Waals surface area (Å²) in [6.07, 6.45) is 1.46. The molecule has 2 rings (SSSR count). The molecule has 0 saturated heterocycles. The molecule has 0 atom stereocenters. The van der Waals surface area contributed by atoms with Gasteiger partial charge in [-0.2, -0.15) is 5.10 Å². The lowest BCUT2D eigenvalue weighted by molar-refractivity contribution is 0.625. The van der Waals surface area contributed by atoms with Crippen LogP contribution in [0.25, 0.3) is 0 Å². The number of aromatic nitrogens is 3. The van der Waals surface area contributed by atoms with E-state index in [1.807, 2.05) is 0 Å². The van der Waals surface area contributed by atoms with Crippen molar-refractivity contribution in [2.75, 3.05) is 0 Å². The largest absolute Gasteiger partial charge is 0.206 e. The monoisotopic (exact) mass is 218 g/mol. The minimum Gasteiger partial charge on any atom is -0.206 e. The zero-order chi connectivity index (χ0) is 11.5. The van der Waals surface area contributed by atoms with E-state index in [9.17, 15) is 4.39 Å². The fraction of sp³-hybridized carbons (Fsp3) is 0.182. The van der Waals surface area contributed by atoms with E-state index in [0.29, 0.717) is 17.2 Å². The van der Waals surface area contributed by atoms with Crippen molar-refractivity contribution < 1.29 is 4.39 Å². The van der Waals surface area contributed by atoms with Gasteiger partial charge in [-0.05, 0) is 19.9 Å². The van der Waals surface area contributed by atoms with E-state index in [-0.39, 0.29) is 5.82 Å². The van der Waals surface area contributed by atoms with Gasteiger partial charge in [0.25, 0.3) is 0 Å². The number of nitrogens with zero attached hydrogens (tertiary/aromatic N) is 4.